The van der Waals surface area contributed by atoms with Gasteiger partial charge in [-0.2, -0.15) is 13.2 Å². The molecule has 13 heteroatoms. The summed E-state index contributed by atoms with van der Waals surface area (Å²) in [6, 6.07) is 14.3. The number of aliphatic hydroxyl groups is 1. The molecular weight excluding hydrogens is 605 g/mol. The normalized spacial score (nSPS) is 18.6. The molecule has 2 heterocycles. The van der Waals surface area contributed by atoms with Crippen LogP contribution in [-0.2, 0) is 23.9 Å². The maximum atomic E-state index is 13.5. The molecule has 3 aromatic carbocycles. The smallest absolute Gasteiger partial charge is 0.416 e. The minimum atomic E-state index is -4.40. The second-order valence-electron chi connectivity index (χ2n) is 11.7. The predicted molar refractivity (Wildman–Crippen MR) is 165 cm³/mol. The Labute approximate surface area is 265 Å². The molecule has 0 saturated carbocycles. The van der Waals surface area contributed by atoms with Crippen molar-refractivity contribution >= 4 is 23.3 Å². The van der Waals surface area contributed by atoms with Crippen LogP contribution in [0.1, 0.15) is 30.5 Å². The Morgan fingerprint density at radius 1 is 1.02 bits per heavy atom. The third-order valence-corrected chi connectivity index (χ3v) is 8.03. The van der Waals surface area contributed by atoms with E-state index in [9.17, 15) is 27.9 Å². The number of fused-ring (bicyclic) bond motifs is 2. The summed E-state index contributed by atoms with van der Waals surface area (Å²) in [6.07, 6.45) is -4.83. The van der Waals surface area contributed by atoms with Crippen molar-refractivity contribution in [1.82, 2.24) is 9.80 Å². The number of carbonyl (C=O) groups excluding carboxylic acids is 2. The number of alkyl halides is 3. The van der Waals surface area contributed by atoms with Gasteiger partial charge in [-0.05, 0) is 62.0 Å². The standard InChI is InChI=1S/C33H37F3N4O6/c1-20-15-40(21(2)18-41)31(42)13-23-12-25(37-32(43)38-26-9-11-28-29(14-26)45-19-44-28)8-10-27(23)46-30(20)17-39(3)16-22-4-6-24(7-5-22)33(34,35)36/h4-12,14,20-21,30,41H,13,15-19H2,1-3H3,(H2,37,38,43)/t20-,21+,30+/m0/s1. The highest BCUT2D eigenvalue weighted by Crippen LogP contribution is 2.35. The molecule has 0 spiro atoms. The second kappa shape index (κ2) is 13.9. The number of carbonyl (C=O) groups is 2. The largest absolute Gasteiger partial charge is 0.488 e. The first-order chi connectivity index (χ1) is 21.9. The molecule has 0 aromatic heterocycles. The lowest BCUT2D eigenvalue weighted by Gasteiger charge is -2.34. The Morgan fingerprint density at radius 3 is 2.35 bits per heavy atom. The van der Waals surface area contributed by atoms with Crippen LogP contribution in [0.15, 0.2) is 60.7 Å². The van der Waals surface area contributed by atoms with Crippen molar-refractivity contribution in [2.75, 3.05) is 44.2 Å². The van der Waals surface area contributed by atoms with Gasteiger partial charge in [-0.1, -0.05) is 19.1 Å². The summed E-state index contributed by atoms with van der Waals surface area (Å²) in [7, 11) is 1.85. The van der Waals surface area contributed by atoms with Crippen LogP contribution in [0.4, 0.5) is 29.3 Å². The van der Waals surface area contributed by atoms with Gasteiger partial charge in [0.15, 0.2) is 11.5 Å². The van der Waals surface area contributed by atoms with Crippen molar-refractivity contribution in [3.63, 3.8) is 0 Å². The first-order valence-corrected chi connectivity index (χ1v) is 14.9. The molecule has 10 nitrogen and oxygen atoms in total. The number of amides is 3. The van der Waals surface area contributed by atoms with Gasteiger partial charge >= 0.3 is 12.2 Å². The molecule has 3 atom stereocenters. The van der Waals surface area contributed by atoms with Crippen molar-refractivity contribution in [3.05, 3.63) is 77.4 Å². The first-order valence-electron chi connectivity index (χ1n) is 14.9. The predicted octanol–water partition coefficient (Wildman–Crippen LogP) is 5.36. The van der Waals surface area contributed by atoms with E-state index in [1.807, 2.05) is 18.9 Å². The maximum absolute atomic E-state index is 13.5. The first kappa shape index (κ1) is 32.9. The molecule has 46 heavy (non-hydrogen) atoms. The number of nitrogens with zero attached hydrogens (tertiary/aromatic N) is 2. The average Bonchev–Trinajstić information content (AvgIpc) is 3.48. The van der Waals surface area contributed by atoms with Crippen LogP contribution in [-0.4, -0.2) is 72.5 Å². The van der Waals surface area contributed by atoms with Gasteiger partial charge in [0.05, 0.1) is 24.6 Å². The topological polar surface area (TPSA) is 113 Å². The zero-order chi connectivity index (χ0) is 33.0. The summed E-state index contributed by atoms with van der Waals surface area (Å²) in [5.41, 5.74) is 1.52. The molecule has 0 aliphatic carbocycles. The second-order valence-corrected chi connectivity index (χ2v) is 11.7. The number of aliphatic hydroxyl groups excluding tert-OH is 1. The van der Waals surface area contributed by atoms with E-state index in [1.54, 1.807) is 48.2 Å². The van der Waals surface area contributed by atoms with Crippen LogP contribution < -0.4 is 24.8 Å². The highest BCUT2D eigenvalue weighted by molar-refractivity contribution is 6.00. The van der Waals surface area contributed by atoms with Gasteiger partial charge in [-0.25, -0.2) is 4.79 Å². The Balaban J connectivity index is 1.33. The highest BCUT2D eigenvalue weighted by Gasteiger charge is 2.32. The summed E-state index contributed by atoms with van der Waals surface area (Å²) in [6.45, 7) is 4.76. The van der Waals surface area contributed by atoms with E-state index < -0.39 is 29.9 Å². The number of benzene rings is 3. The zero-order valence-electron chi connectivity index (χ0n) is 25.8. The highest BCUT2D eigenvalue weighted by atomic mass is 19.4. The molecule has 3 N–H and O–H groups in total. The molecule has 0 unspecified atom stereocenters. The van der Waals surface area contributed by atoms with Crippen molar-refractivity contribution in [3.8, 4) is 17.2 Å². The van der Waals surface area contributed by atoms with Crippen LogP contribution in [0.25, 0.3) is 0 Å². The molecule has 3 amide bonds. The maximum Gasteiger partial charge on any atom is 0.416 e. The number of rotatable bonds is 8. The number of hydrogen-bond donors (Lipinski definition) is 3. The summed E-state index contributed by atoms with van der Waals surface area (Å²) >= 11 is 0. The molecular formula is C33H37F3N4O6. The Kier molecular flexibility index (Phi) is 9.92. The van der Waals surface area contributed by atoms with Crippen molar-refractivity contribution in [1.29, 1.82) is 0 Å². The molecule has 2 aliphatic heterocycles. The Bertz CT molecular complexity index is 1550. The van der Waals surface area contributed by atoms with Gasteiger partial charge < -0.3 is 34.9 Å². The number of likely N-dealkylation sites (N-methyl/N-ethyl adjacent to an activating group) is 1. The quantitative estimate of drug-likeness (QED) is 0.303. The van der Waals surface area contributed by atoms with E-state index >= 15 is 0 Å². The van der Waals surface area contributed by atoms with Gasteiger partial charge in [0.1, 0.15) is 11.9 Å². The van der Waals surface area contributed by atoms with Gasteiger partial charge in [0.2, 0.25) is 12.7 Å². The molecule has 0 bridgehead atoms. The minimum Gasteiger partial charge on any atom is -0.488 e. The molecule has 246 valence electrons. The molecule has 5 rings (SSSR count). The number of ether oxygens (including phenoxy) is 3. The van der Waals surface area contributed by atoms with Gasteiger partial charge in [-0.15, -0.1) is 0 Å². The van der Waals surface area contributed by atoms with E-state index in [-0.39, 0.29) is 31.6 Å². The number of halogens is 3. The van der Waals surface area contributed by atoms with Crippen LogP contribution in [0.2, 0.25) is 0 Å². The molecule has 0 saturated heterocycles. The number of anilines is 2. The zero-order valence-corrected chi connectivity index (χ0v) is 25.8. The molecule has 2 aliphatic rings. The van der Waals surface area contributed by atoms with Crippen LogP contribution in [0.3, 0.4) is 0 Å². The average molecular weight is 643 g/mol. The lowest BCUT2D eigenvalue weighted by Crippen LogP contribution is -2.47. The van der Waals surface area contributed by atoms with E-state index in [0.29, 0.717) is 59.4 Å². The van der Waals surface area contributed by atoms with Gasteiger partial charge in [0, 0.05) is 48.6 Å². The summed E-state index contributed by atoms with van der Waals surface area (Å²) in [5, 5.41) is 15.5. The van der Waals surface area contributed by atoms with E-state index in [0.717, 1.165) is 12.1 Å². The van der Waals surface area contributed by atoms with Crippen LogP contribution >= 0.6 is 0 Å². The number of nitrogens with one attached hydrogen (secondary N) is 2. The third-order valence-electron chi connectivity index (χ3n) is 8.03. The fourth-order valence-electron chi connectivity index (χ4n) is 5.48. The number of hydrogen-bond acceptors (Lipinski definition) is 7. The van der Waals surface area contributed by atoms with E-state index in [2.05, 4.69) is 10.6 Å². The fourth-order valence-corrected chi connectivity index (χ4v) is 5.48. The number of urea groups is 1. The summed E-state index contributed by atoms with van der Waals surface area (Å²) < 4.78 is 56.2. The Hall–Kier alpha value is -4.49. The summed E-state index contributed by atoms with van der Waals surface area (Å²) in [5.74, 6) is 1.24. The SMILES string of the molecule is C[C@H](CO)N1C[C@H](C)[C@@H](CN(C)Cc2ccc(C(F)(F)F)cc2)Oc2ccc(NC(=O)Nc3ccc4c(c3)OCO4)cc2CC1=O. The fraction of sp³-hybridized carbons (Fsp3) is 0.394. The van der Waals surface area contributed by atoms with Crippen molar-refractivity contribution < 1.29 is 42.1 Å². The van der Waals surface area contributed by atoms with Gasteiger partial charge in [-0.3, -0.25) is 9.69 Å². The monoisotopic (exact) mass is 642 g/mol. The minimum absolute atomic E-state index is 0.0141. The Morgan fingerprint density at radius 2 is 1.67 bits per heavy atom. The lowest BCUT2D eigenvalue weighted by molar-refractivity contribution is -0.137. The molecule has 0 radical (unpaired) electrons. The summed E-state index contributed by atoms with van der Waals surface area (Å²) in [4.78, 5) is 29.9. The van der Waals surface area contributed by atoms with Crippen LogP contribution in [0.5, 0.6) is 17.2 Å². The third kappa shape index (κ3) is 8.01. The van der Waals surface area contributed by atoms with Crippen molar-refractivity contribution in [2.45, 2.75) is 45.1 Å². The van der Waals surface area contributed by atoms with Gasteiger partial charge in [0.25, 0.3) is 0 Å². The molecule has 0 fully saturated rings. The van der Waals surface area contributed by atoms with Crippen LogP contribution in [0, 0.1) is 5.92 Å². The molecule has 3 aromatic rings. The lowest BCUT2D eigenvalue weighted by atomic mass is 10.0. The van der Waals surface area contributed by atoms with Crippen molar-refractivity contribution in [2.24, 2.45) is 5.92 Å². The van der Waals surface area contributed by atoms with E-state index in [1.165, 1.54) is 12.1 Å². The van der Waals surface area contributed by atoms with E-state index in [4.69, 9.17) is 14.2 Å².